The highest BCUT2D eigenvalue weighted by atomic mass is 15.3. The molecule has 1 aliphatic rings. The van der Waals surface area contributed by atoms with Crippen molar-refractivity contribution in [3.63, 3.8) is 0 Å². The molecule has 3 heteroatoms. The van der Waals surface area contributed by atoms with Crippen LogP contribution < -0.4 is 5.32 Å². The van der Waals surface area contributed by atoms with Crippen LogP contribution in [-0.2, 0) is 6.54 Å². The minimum atomic E-state index is 0.164. The second kappa shape index (κ2) is 6.08. The molecule has 0 saturated heterocycles. The third-order valence-corrected chi connectivity index (χ3v) is 4.03. The summed E-state index contributed by atoms with van der Waals surface area (Å²) < 4.78 is 2.24. The van der Waals surface area contributed by atoms with Crippen LogP contribution in [0, 0.1) is 6.92 Å². The quantitative estimate of drug-likeness (QED) is 0.836. The number of nitrogens with one attached hydrogen (secondary N) is 1. The number of nitrogens with zero attached hydrogens (tertiary/aromatic N) is 2. The van der Waals surface area contributed by atoms with Crippen molar-refractivity contribution in [2.45, 2.75) is 84.3 Å². The summed E-state index contributed by atoms with van der Waals surface area (Å²) >= 11 is 0. The van der Waals surface area contributed by atoms with Gasteiger partial charge in [-0.15, -0.1) is 0 Å². The molecule has 0 atom stereocenters. The van der Waals surface area contributed by atoms with Gasteiger partial charge in [0, 0.05) is 23.8 Å². The van der Waals surface area contributed by atoms with Crippen molar-refractivity contribution in [2.24, 2.45) is 0 Å². The van der Waals surface area contributed by atoms with E-state index in [4.69, 9.17) is 5.10 Å². The normalized spacial score (nSPS) is 18.5. The number of hydrogen-bond acceptors (Lipinski definition) is 2. The summed E-state index contributed by atoms with van der Waals surface area (Å²) in [6.07, 6.45) is 10.4. The molecule has 0 spiro atoms. The average Bonchev–Trinajstić information content (AvgIpc) is 2.54. The molecule has 2 rings (SSSR count). The molecule has 108 valence electrons. The third-order valence-electron chi connectivity index (χ3n) is 4.03. The summed E-state index contributed by atoms with van der Waals surface area (Å²) in [5, 5.41) is 8.31. The maximum atomic E-state index is 4.75. The van der Waals surface area contributed by atoms with E-state index in [1.54, 1.807) is 0 Å². The van der Waals surface area contributed by atoms with E-state index in [1.165, 1.54) is 49.8 Å². The van der Waals surface area contributed by atoms with Crippen LogP contribution in [0.25, 0.3) is 0 Å². The molecule has 19 heavy (non-hydrogen) atoms. The summed E-state index contributed by atoms with van der Waals surface area (Å²) in [6.45, 7) is 9.67. The van der Waals surface area contributed by atoms with Crippen LogP contribution in [0.3, 0.4) is 0 Å². The topological polar surface area (TPSA) is 29.9 Å². The summed E-state index contributed by atoms with van der Waals surface area (Å²) in [5.41, 5.74) is 2.69. The van der Waals surface area contributed by atoms with E-state index in [0.29, 0.717) is 6.04 Å². The lowest BCUT2D eigenvalue weighted by Crippen LogP contribution is -2.35. The molecule has 3 nitrogen and oxygen atoms in total. The summed E-state index contributed by atoms with van der Waals surface area (Å²) in [5.74, 6) is 0. The molecule has 0 unspecified atom stereocenters. The fourth-order valence-electron chi connectivity index (χ4n) is 2.76. The van der Waals surface area contributed by atoms with Gasteiger partial charge in [0.05, 0.1) is 11.7 Å². The van der Waals surface area contributed by atoms with E-state index in [-0.39, 0.29) is 5.54 Å². The smallest absolute Gasteiger partial charge is 0.0638 e. The molecule has 1 aromatic heterocycles. The first-order valence-corrected chi connectivity index (χ1v) is 7.75. The van der Waals surface area contributed by atoms with Crippen molar-refractivity contribution < 1.29 is 0 Å². The Bertz CT molecular complexity index is 393. The molecule has 1 aromatic rings. The fraction of sp³-hybridized carbons (Fsp3) is 0.812. The van der Waals surface area contributed by atoms with E-state index in [2.05, 4.69) is 43.9 Å². The molecule has 1 heterocycles. The first-order valence-electron chi connectivity index (χ1n) is 7.75. The molecule has 0 amide bonds. The van der Waals surface area contributed by atoms with Gasteiger partial charge in [-0.05, 0) is 40.5 Å². The lowest BCUT2D eigenvalue weighted by atomic mass is 10.1. The van der Waals surface area contributed by atoms with E-state index >= 15 is 0 Å². The minimum absolute atomic E-state index is 0.164. The van der Waals surface area contributed by atoms with Gasteiger partial charge in [-0.3, -0.25) is 4.68 Å². The van der Waals surface area contributed by atoms with Gasteiger partial charge in [0.15, 0.2) is 0 Å². The van der Waals surface area contributed by atoms with Crippen molar-refractivity contribution in [2.75, 3.05) is 0 Å². The first kappa shape index (κ1) is 14.6. The molecule has 0 radical (unpaired) electrons. The average molecular weight is 263 g/mol. The van der Waals surface area contributed by atoms with Gasteiger partial charge < -0.3 is 5.32 Å². The molecular formula is C16H29N3. The first-order chi connectivity index (χ1) is 8.96. The van der Waals surface area contributed by atoms with Crippen molar-refractivity contribution in [1.82, 2.24) is 15.1 Å². The van der Waals surface area contributed by atoms with Crippen LogP contribution in [0.2, 0.25) is 0 Å². The lowest BCUT2D eigenvalue weighted by Gasteiger charge is -2.20. The molecule has 1 aliphatic carbocycles. The minimum Gasteiger partial charge on any atom is -0.308 e. The number of aromatic nitrogens is 2. The standard InChI is InChI=1S/C16H29N3/c1-13-14(11-17-16(2,3)4)12-19(18-13)15-9-7-5-6-8-10-15/h12,15,17H,5-11H2,1-4H3. The van der Waals surface area contributed by atoms with Gasteiger partial charge in [-0.2, -0.15) is 5.10 Å². The second-order valence-corrected chi connectivity index (χ2v) is 6.97. The van der Waals surface area contributed by atoms with Crippen LogP contribution in [0.15, 0.2) is 6.20 Å². The van der Waals surface area contributed by atoms with Crippen molar-refractivity contribution in [1.29, 1.82) is 0 Å². The lowest BCUT2D eigenvalue weighted by molar-refractivity contribution is 0.402. The molecule has 0 bridgehead atoms. The van der Waals surface area contributed by atoms with E-state index in [9.17, 15) is 0 Å². The summed E-state index contributed by atoms with van der Waals surface area (Å²) in [4.78, 5) is 0. The summed E-state index contributed by atoms with van der Waals surface area (Å²) in [6, 6.07) is 0.629. The maximum Gasteiger partial charge on any atom is 0.0638 e. The van der Waals surface area contributed by atoms with Crippen LogP contribution >= 0.6 is 0 Å². The van der Waals surface area contributed by atoms with Crippen molar-refractivity contribution in [3.05, 3.63) is 17.5 Å². The Kier molecular flexibility index (Phi) is 4.67. The highest BCUT2D eigenvalue weighted by Crippen LogP contribution is 2.27. The predicted molar refractivity (Wildman–Crippen MR) is 80.3 cm³/mol. The molecular weight excluding hydrogens is 234 g/mol. The predicted octanol–water partition coefficient (Wildman–Crippen LogP) is 3.97. The van der Waals surface area contributed by atoms with Crippen LogP contribution in [0.1, 0.15) is 76.6 Å². The Morgan fingerprint density at radius 3 is 2.42 bits per heavy atom. The largest absolute Gasteiger partial charge is 0.308 e. The second-order valence-electron chi connectivity index (χ2n) is 6.97. The van der Waals surface area contributed by atoms with E-state index in [0.717, 1.165) is 6.54 Å². The SMILES string of the molecule is Cc1nn(C2CCCCCC2)cc1CNC(C)(C)C. The Morgan fingerprint density at radius 1 is 1.21 bits per heavy atom. The Balaban J connectivity index is 2.02. The molecule has 1 saturated carbocycles. The van der Waals surface area contributed by atoms with E-state index < -0.39 is 0 Å². The fourth-order valence-corrected chi connectivity index (χ4v) is 2.76. The van der Waals surface area contributed by atoms with Crippen LogP contribution in [0.4, 0.5) is 0 Å². The molecule has 1 fully saturated rings. The Morgan fingerprint density at radius 2 is 1.84 bits per heavy atom. The van der Waals surface area contributed by atoms with Crippen molar-refractivity contribution in [3.8, 4) is 0 Å². The van der Waals surface area contributed by atoms with Crippen LogP contribution in [-0.4, -0.2) is 15.3 Å². The highest BCUT2D eigenvalue weighted by Gasteiger charge is 2.17. The molecule has 1 N–H and O–H groups in total. The van der Waals surface area contributed by atoms with Gasteiger partial charge in [0.2, 0.25) is 0 Å². The zero-order chi connectivity index (χ0) is 13.9. The molecule has 0 aliphatic heterocycles. The number of hydrogen-bond donors (Lipinski definition) is 1. The highest BCUT2D eigenvalue weighted by molar-refractivity contribution is 5.16. The number of aryl methyl sites for hydroxylation is 1. The van der Waals surface area contributed by atoms with E-state index in [1.807, 2.05) is 0 Å². The van der Waals surface area contributed by atoms with Gasteiger partial charge in [-0.25, -0.2) is 0 Å². The summed E-state index contributed by atoms with van der Waals surface area (Å²) in [7, 11) is 0. The van der Waals surface area contributed by atoms with Gasteiger partial charge in [-0.1, -0.05) is 25.7 Å². The van der Waals surface area contributed by atoms with Gasteiger partial charge in [0.25, 0.3) is 0 Å². The van der Waals surface area contributed by atoms with Gasteiger partial charge in [0.1, 0.15) is 0 Å². The third kappa shape index (κ3) is 4.34. The van der Waals surface area contributed by atoms with Crippen LogP contribution in [0.5, 0.6) is 0 Å². The monoisotopic (exact) mass is 263 g/mol. The number of rotatable bonds is 3. The Hall–Kier alpha value is -0.830. The Labute approximate surface area is 117 Å². The maximum absolute atomic E-state index is 4.75. The zero-order valence-electron chi connectivity index (χ0n) is 13.0. The van der Waals surface area contributed by atoms with Gasteiger partial charge >= 0.3 is 0 Å². The zero-order valence-corrected chi connectivity index (χ0v) is 13.0. The molecule has 0 aromatic carbocycles. The van der Waals surface area contributed by atoms with Crippen molar-refractivity contribution >= 4 is 0 Å².